The summed E-state index contributed by atoms with van der Waals surface area (Å²) in [5.74, 6) is -1.01. The first-order chi connectivity index (χ1) is 11.9. The van der Waals surface area contributed by atoms with Gasteiger partial charge in [0.2, 0.25) is 0 Å². The number of nitrogens with one attached hydrogen (secondary N) is 1. The average molecular weight is 341 g/mol. The first-order valence-corrected chi connectivity index (χ1v) is 8.26. The van der Waals surface area contributed by atoms with Gasteiger partial charge in [-0.25, -0.2) is 0 Å². The summed E-state index contributed by atoms with van der Waals surface area (Å²) >= 11 is 0. The first-order valence-electron chi connectivity index (χ1n) is 8.26. The summed E-state index contributed by atoms with van der Waals surface area (Å²) in [6.07, 6.45) is 0.739. The van der Waals surface area contributed by atoms with Crippen LogP contribution >= 0.6 is 0 Å². The van der Waals surface area contributed by atoms with Gasteiger partial charge < -0.3 is 15.2 Å². The summed E-state index contributed by atoms with van der Waals surface area (Å²) in [7, 11) is 0. The molecular formula is C20H23NO4. The number of carboxylic acid groups (broad SMARTS) is 1. The zero-order valence-electron chi connectivity index (χ0n) is 14.5. The molecule has 0 spiro atoms. The summed E-state index contributed by atoms with van der Waals surface area (Å²) < 4.78 is 5.53. The lowest BCUT2D eigenvalue weighted by atomic mass is 10.1. The second-order valence-corrected chi connectivity index (χ2v) is 6.10. The van der Waals surface area contributed by atoms with Crippen LogP contribution in [0.2, 0.25) is 0 Å². The molecule has 0 heterocycles. The van der Waals surface area contributed by atoms with Crippen LogP contribution in [0.5, 0.6) is 0 Å². The van der Waals surface area contributed by atoms with Crippen molar-refractivity contribution < 1.29 is 19.4 Å². The summed E-state index contributed by atoms with van der Waals surface area (Å²) in [6, 6.07) is 14.5. The Kier molecular flexibility index (Phi) is 6.71. The van der Waals surface area contributed by atoms with Crippen molar-refractivity contribution in [2.24, 2.45) is 0 Å². The standard InChI is InChI=1S/C20H23NO4/c1-14(2)25-13-16-3-8-17(9-4-16)20(24)21-18-10-5-15(6-11-18)7-12-19(22)23/h3-6,8-11,14H,7,12-13H2,1-2H3,(H,21,24)(H,22,23). The fourth-order valence-electron chi connectivity index (χ4n) is 2.22. The highest BCUT2D eigenvalue weighted by atomic mass is 16.5. The number of hydrogen-bond acceptors (Lipinski definition) is 3. The molecule has 0 bridgehead atoms. The van der Waals surface area contributed by atoms with E-state index in [0.717, 1.165) is 11.1 Å². The maximum atomic E-state index is 12.3. The number of carboxylic acids is 1. The summed E-state index contributed by atoms with van der Waals surface area (Å²) in [4.78, 5) is 22.8. The number of amides is 1. The van der Waals surface area contributed by atoms with Gasteiger partial charge in [0.05, 0.1) is 12.7 Å². The molecule has 0 aliphatic rings. The van der Waals surface area contributed by atoms with E-state index in [9.17, 15) is 9.59 Å². The quantitative estimate of drug-likeness (QED) is 0.764. The summed E-state index contributed by atoms with van der Waals surface area (Å²) in [5.41, 5.74) is 3.20. The maximum Gasteiger partial charge on any atom is 0.303 e. The van der Waals surface area contributed by atoms with Crippen molar-refractivity contribution >= 4 is 17.6 Å². The Bertz CT molecular complexity index is 705. The van der Waals surface area contributed by atoms with E-state index >= 15 is 0 Å². The molecular weight excluding hydrogens is 318 g/mol. The molecule has 2 rings (SSSR count). The van der Waals surface area contributed by atoms with Crippen LogP contribution in [0.1, 0.15) is 41.8 Å². The van der Waals surface area contributed by atoms with Crippen LogP contribution in [0.3, 0.4) is 0 Å². The minimum Gasteiger partial charge on any atom is -0.481 e. The molecule has 0 fully saturated rings. The number of hydrogen-bond donors (Lipinski definition) is 2. The van der Waals surface area contributed by atoms with Crippen LogP contribution in [0, 0.1) is 0 Å². The van der Waals surface area contributed by atoms with Crippen molar-refractivity contribution in [3.63, 3.8) is 0 Å². The average Bonchev–Trinajstić information content (AvgIpc) is 2.59. The van der Waals surface area contributed by atoms with E-state index in [0.29, 0.717) is 24.3 Å². The van der Waals surface area contributed by atoms with Crippen molar-refractivity contribution in [1.82, 2.24) is 0 Å². The molecule has 0 radical (unpaired) electrons. The van der Waals surface area contributed by atoms with E-state index < -0.39 is 5.97 Å². The number of anilines is 1. The van der Waals surface area contributed by atoms with Crippen molar-refractivity contribution in [3.8, 4) is 0 Å². The number of carbonyl (C=O) groups is 2. The Balaban J connectivity index is 1.91. The van der Waals surface area contributed by atoms with E-state index in [1.165, 1.54) is 0 Å². The number of rotatable bonds is 8. The monoisotopic (exact) mass is 341 g/mol. The van der Waals surface area contributed by atoms with Gasteiger partial charge in [-0.1, -0.05) is 24.3 Å². The van der Waals surface area contributed by atoms with Crippen molar-refractivity contribution in [2.45, 2.75) is 39.4 Å². The van der Waals surface area contributed by atoms with Gasteiger partial charge in [0, 0.05) is 17.7 Å². The fraction of sp³-hybridized carbons (Fsp3) is 0.300. The molecule has 2 N–H and O–H groups in total. The zero-order valence-corrected chi connectivity index (χ0v) is 14.5. The van der Waals surface area contributed by atoms with Gasteiger partial charge >= 0.3 is 5.97 Å². The van der Waals surface area contributed by atoms with E-state index in [2.05, 4.69) is 5.32 Å². The molecule has 0 aromatic heterocycles. The first kappa shape index (κ1) is 18.7. The molecule has 0 atom stereocenters. The predicted octanol–water partition coefficient (Wildman–Crippen LogP) is 3.88. The van der Waals surface area contributed by atoms with Gasteiger partial charge in [-0.15, -0.1) is 0 Å². The third-order valence-corrected chi connectivity index (χ3v) is 3.64. The molecule has 132 valence electrons. The highest BCUT2D eigenvalue weighted by Crippen LogP contribution is 2.14. The normalized spacial score (nSPS) is 10.7. The largest absolute Gasteiger partial charge is 0.481 e. The third-order valence-electron chi connectivity index (χ3n) is 3.64. The molecule has 1 amide bonds. The van der Waals surface area contributed by atoms with Gasteiger partial charge in [-0.05, 0) is 55.7 Å². The van der Waals surface area contributed by atoms with E-state index in [-0.39, 0.29) is 18.4 Å². The van der Waals surface area contributed by atoms with Crippen LogP contribution in [0.4, 0.5) is 5.69 Å². The molecule has 0 aliphatic carbocycles. The van der Waals surface area contributed by atoms with Crippen LogP contribution in [-0.2, 0) is 22.6 Å². The molecule has 0 aliphatic heterocycles. The van der Waals surface area contributed by atoms with Crippen LogP contribution in [0.25, 0.3) is 0 Å². The molecule has 0 saturated heterocycles. The highest BCUT2D eigenvalue weighted by Gasteiger charge is 2.07. The van der Waals surface area contributed by atoms with E-state index in [4.69, 9.17) is 9.84 Å². The Morgan fingerprint density at radius 3 is 2.16 bits per heavy atom. The molecule has 2 aromatic carbocycles. The number of ether oxygens (including phenoxy) is 1. The minimum absolute atomic E-state index is 0.0958. The highest BCUT2D eigenvalue weighted by molar-refractivity contribution is 6.04. The SMILES string of the molecule is CC(C)OCc1ccc(C(=O)Nc2ccc(CCC(=O)O)cc2)cc1. The Hall–Kier alpha value is -2.66. The van der Waals surface area contributed by atoms with Gasteiger partial charge in [0.25, 0.3) is 5.91 Å². The number of aryl methyl sites for hydroxylation is 1. The fourth-order valence-corrected chi connectivity index (χ4v) is 2.22. The van der Waals surface area contributed by atoms with Crippen molar-refractivity contribution in [1.29, 1.82) is 0 Å². The molecule has 0 saturated carbocycles. The van der Waals surface area contributed by atoms with Crippen LogP contribution < -0.4 is 5.32 Å². The molecule has 5 nitrogen and oxygen atoms in total. The van der Waals surface area contributed by atoms with Crippen molar-refractivity contribution in [3.05, 3.63) is 65.2 Å². The van der Waals surface area contributed by atoms with Crippen LogP contribution in [-0.4, -0.2) is 23.1 Å². The predicted molar refractivity (Wildman–Crippen MR) is 96.7 cm³/mol. The second-order valence-electron chi connectivity index (χ2n) is 6.10. The number of carbonyl (C=O) groups excluding carboxylic acids is 1. The second kappa shape index (κ2) is 8.99. The lowest BCUT2D eigenvalue weighted by Crippen LogP contribution is -2.12. The Labute approximate surface area is 147 Å². The molecule has 5 heteroatoms. The third kappa shape index (κ3) is 6.39. The van der Waals surface area contributed by atoms with Gasteiger partial charge in [0.15, 0.2) is 0 Å². The topological polar surface area (TPSA) is 75.6 Å². The van der Waals surface area contributed by atoms with Gasteiger partial charge in [-0.3, -0.25) is 9.59 Å². The Morgan fingerprint density at radius 1 is 1.00 bits per heavy atom. The van der Waals surface area contributed by atoms with Gasteiger partial charge in [0.1, 0.15) is 0 Å². The summed E-state index contributed by atoms with van der Waals surface area (Å²) in [6.45, 7) is 4.49. The Morgan fingerprint density at radius 2 is 1.60 bits per heavy atom. The maximum absolute atomic E-state index is 12.3. The smallest absolute Gasteiger partial charge is 0.303 e. The van der Waals surface area contributed by atoms with E-state index in [1.54, 1.807) is 24.3 Å². The summed E-state index contributed by atoms with van der Waals surface area (Å²) in [5, 5.41) is 11.5. The van der Waals surface area contributed by atoms with Gasteiger partial charge in [-0.2, -0.15) is 0 Å². The number of benzene rings is 2. The molecule has 0 unspecified atom stereocenters. The lowest BCUT2D eigenvalue weighted by molar-refractivity contribution is -0.136. The molecule has 25 heavy (non-hydrogen) atoms. The van der Waals surface area contributed by atoms with Crippen LogP contribution in [0.15, 0.2) is 48.5 Å². The van der Waals surface area contributed by atoms with E-state index in [1.807, 2.05) is 38.1 Å². The van der Waals surface area contributed by atoms with Crippen molar-refractivity contribution in [2.75, 3.05) is 5.32 Å². The lowest BCUT2D eigenvalue weighted by Gasteiger charge is -2.09. The molecule has 2 aromatic rings. The number of aliphatic carboxylic acids is 1. The zero-order chi connectivity index (χ0) is 18.2. The minimum atomic E-state index is -0.820.